The minimum Gasteiger partial charge on any atom is -0.493 e. The Hall–Kier alpha value is -0.770. The topological polar surface area (TPSA) is 21.7 Å². The lowest BCUT2D eigenvalue weighted by atomic mass is 9.75. The van der Waals surface area contributed by atoms with Gasteiger partial charge in [-0.15, -0.1) is 0 Å². The number of piperidine rings is 1. The second-order valence-electron chi connectivity index (χ2n) is 9.80. The first-order chi connectivity index (χ1) is 12.7. The number of ether oxygens (including phenoxy) is 2. The van der Waals surface area contributed by atoms with Crippen LogP contribution in [0.1, 0.15) is 53.9 Å². The van der Waals surface area contributed by atoms with Crippen molar-refractivity contribution in [1.82, 2.24) is 4.90 Å². The van der Waals surface area contributed by atoms with Gasteiger partial charge < -0.3 is 14.4 Å². The maximum Gasteiger partial charge on any atom is 0.119 e. The number of halogens is 1. The molecule has 4 unspecified atom stereocenters. The van der Waals surface area contributed by atoms with Crippen LogP contribution in [0, 0.1) is 17.3 Å². The zero-order chi connectivity index (χ0) is 19.7. The van der Waals surface area contributed by atoms with Crippen LogP contribution in [0.3, 0.4) is 0 Å². The van der Waals surface area contributed by atoms with Crippen LogP contribution in [0.4, 0.5) is 0 Å². The van der Waals surface area contributed by atoms with Crippen molar-refractivity contribution in [2.75, 3.05) is 26.2 Å². The van der Waals surface area contributed by atoms with E-state index in [0.29, 0.717) is 12.7 Å². The molecule has 2 aliphatic heterocycles. The smallest absolute Gasteiger partial charge is 0.119 e. The van der Waals surface area contributed by atoms with Gasteiger partial charge in [-0.25, -0.2) is 0 Å². The van der Waals surface area contributed by atoms with Crippen LogP contribution >= 0.6 is 11.6 Å². The van der Waals surface area contributed by atoms with Crippen molar-refractivity contribution in [3.63, 3.8) is 0 Å². The van der Waals surface area contributed by atoms with Gasteiger partial charge in [-0.05, 0) is 62.3 Å². The van der Waals surface area contributed by atoms with E-state index >= 15 is 0 Å². The summed E-state index contributed by atoms with van der Waals surface area (Å²) in [5, 5.41) is 0.733. The molecule has 0 bridgehead atoms. The van der Waals surface area contributed by atoms with Crippen LogP contribution in [0.5, 0.6) is 5.75 Å². The van der Waals surface area contributed by atoms with Gasteiger partial charge in [-0.2, -0.15) is 0 Å². The number of hydrogen-bond acceptors (Lipinski definition) is 3. The Morgan fingerprint density at radius 1 is 1.19 bits per heavy atom. The van der Waals surface area contributed by atoms with Gasteiger partial charge in [0, 0.05) is 30.1 Å². The molecule has 3 nitrogen and oxygen atoms in total. The first-order valence-corrected chi connectivity index (χ1v) is 10.8. The van der Waals surface area contributed by atoms with E-state index in [4.69, 9.17) is 21.1 Å². The van der Waals surface area contributed by atoms with E-state index in [1.54, 1.807) is 0 Å². The predicted molar refractivity (Wildman–Crippen MR) is 113 cm³/mol. The van der Waals surface area contributed by atoms with Crippen molar-refractivity contribution < 1.29 is 9.47 Å². The van der Waals surface area contributed by atoms with Crippen LogP contribution in [-0.2, 0) is 4.74 Å². The normalized spacial score (nSPS) is 32.6. The van der Waals surface area contributed by atoms with E-state index < -0.39 is 0 Å². The average molecular weight is 394 g/mol. The highest BCUT2D eigenvalue weighted by molar-refractivity contribution is 6.30. The molecule has 1 aromatic carbocycles. The fourth-order valence-corrected chi connectivity index (χ4v) is 4.85. The quantitative estimate of drug-likeness (QED) is 0.622. The Labute approximate surface area is 170 Å². The molecule has 2 heterocycles. The van der Waals surface area contributed by atoms with E-state index in [2.05, 4.69) is 39.5 Å². The van der Waals surface area contributed by atoms with Crippen LogP contribution in [0.15, 0.2) is 24.3 Å². The van der Waals surface area contributed by atoms with Crippen LogP contribution in [-0.4, -0.2) is 42.8 Å². The molecular formula is C23H36ClNO2. The number of hydrogen-bond donors (Lipinski definition) is 0. The summed E-state index contributed by atoms with van der Waals surface area (Å²) in [5.41, 5.74) is -0.221. The maximum atomic E-state index is 6.65. The average Bonchev–Trinajstić information content (AvgIpc) is 2.96. The molecule has 0 amide bonds. The SMILES string of the molecule is CC1CC(C)CN(CC2CCC(C)(C(C)(C)COc3ccc(Cl)cc3)O2)C1. The third kappa shape index (κ3) is 5.19. The van der Waals surface area contributed by atoms with Gasteiger partial charge >= 0.3 is 0 Å². The molecular weight excluding hydrogens is 358 g/mol. The molecule has 3 rings (SSSR count). The number of benzene rings is 1. The molecule has 0 aliphatic carbocycles. The highest BCUT2D eigenvalue weighted by Crippen LogP contribution is 2.44. The predicted octanol–water partition coefficient (Wildman–Crippen LogP) is 5.66. The summed E-state index contributed by atoms with van der Waals surface area (Å²) in [6.07, 6.45) is 3.92. The van der Waals surface area contributed by atoms with Gasteiger partial charge in [0.05, 0.1) is 18.3 Å². The van der Waals surface area contributed by atoms with E-state index in [-0.39, 0.29) is 11.0 Å². The second kappa shape index (κ2) is 8.31. The Bertz CT molecular complexity index is 607. The number of likely N-dealkylation sites (tertiary alicyclic amines) is 1. The lowest BCUT2D eigenvalue weighted by molar-refractivity contribution is -0.121. The van der Waals surface area contributed by atoms with E-state index in [9.17, 15) is 0 Å². The van der Waals surface area contributed by atoms with Crippen LogP contribution < -0.4 is 4.74 Å². The van der Waals surface area contributed by atoms with Crippen molar-refractivity contribution in [2.24, 2.45) is 17.3 Å². The monoisotopic (exact) mass is 393 g/mol. The second-order valence-corrected chi connectivity index (χ2v) is 10.2. The summed E-state index contributed by atoms with van der Waals surface area (Å²) >= 11 is 5.96. The lowest BCUT2D eigenvalue weighted by Gasteiger charge is -2.42. The van der Waals surface area contributed by atoms with Crippen LogP contribution in [0.25, 0.3) is 0 Å². The fraction of sp³-hybridized carbons (Fsp3) is 0.739. The minimum absolute atomic E-state index is 0.0656. The molecule has 2 aliphatic rings. The third-order valence-electron chi connectivity index (χ3n) is 6.62. The molecule has 27 heavy (non-hydrogen) atoms. The molecule has 0 spiro atoms. The molecule has 4 heteroatoms. The first kappa shape index (κ1) is 21.0. The Kier molecular flexibility index (Phi) is 6.45. The molecule has 0 aromatic heterocycles. The van der Waals surface area contributed by atoms with Gasteiger partial charge in [0.15, 0.2) is 0 Å². The highest BCUT2D eigenvalue weighted by Gasteiger charge is 2.48. The highest BCUT2D eigenvalue weighted by atomic mass is 35.5. The summed E-state index contributed by atoms with van der Waals surface area (Å²) in [4.78, 5) is 2.62. The molecule has 2 saturated heterocycles. The first-order valence-electron chi connectivity index (χ1n) is 10.5. The van der Waals surface area contributed by atoms with Crippen molar-refractivity contribution in [1.29, 1.82) is 0 Å². The summed E-state index contributed by atoms with van der Waals surface area (Å²) < 4.78 is 12.7. The standard InChI is InChI=1S/C23H36ClNO2/c1-17-12-18(2)14-25(13-17)15-21-10-11-23(5,27-21)22(3,4)16-26-20-8-6-19(24)7-9-20/h6-9,17-18,21H,10-16H2,1-5H3. The lowest BCUT2D eigenvalue weighted by Crippen LogP contribution is -2.47. The summed E-state index contributed by atoms with van der Waals surface area (Å²) in [6.45, 7) is 15.7. The third-order valence-corrected chi connectivity index (χ3v) is 6.87. The van der Waals surface area contributed by atoms with Gasteiger partial charge in [0.2, 0.25) is 0 Å². The summed E-state index contributed by atoms with van der Waals surface area (Å²) in [7, 11) is 0. The van der Waals surface area contributed by atoms with E-state index in [1.165, 1.54) is 19.5 Å². The maximum absolute atomic E-state index is 6.65. The zero-order valence-electron chi connectivity index (χ0n) is 17.6. The Balaban J connectivity index is 1.54. The summed E-state index contributed by atoms with van der Waals surface area (Å²) in [5.74, 6) is 2.46. The number of nitrogens with zero attached hydrogens (tertiary/aromatic N) is 1. The van der Waals surface area contributed by atoms with Gasteiger partial charge in [-0.3, -0.25) is 0 Å². The molecule has 0 radical (unpaired) electrons. The van der Waals surface area contributed by atoms with Gasteiger partial charge in [-0.1, -0.05) is 39.3 Å². The fourth-order valence-electron chi connectivity index (χ4n) is 4.72. The number of rotatable bonds is 6. The minimum atomic E-state index is -0.156. The largest absolute Gasteiger partial charge is 0.493 e. The van der Waals surface area contributed by atoms with Crippen molar-refractivity contribution in [3.05, 3.63) is 29.3 Å². The molecule has 2 fully saturated rings. The van der Waals surface area contributed by atoms with E-state index in [1.807, 2.05) is 24.3 Å². The van der Waals surface area contributed by atoms with Crippen molar-refractivity contribution in [3.8, 4) is 5.75 Å². The molecule has 152 valence electrons. The molecule has 1 aromatic rings. The van der Waals surface area contributed by atoms with Gasteiger partial charge in [0.1, 0.15) is 5.75 Å². The van der Waals surface area contributed by atoms with Crippen molar-refractivity contribution >= 4 is 11.6 Å². The van der Waals surface area contributed by atoms with Crippen molar-refractivity contribution in [2.45, 2.75) is 65.6 Å². The zero-order valence-corrected chi connectivity index (χ0v) is 18.4. The van der Waals surface area contributed by atoms with E-state index in [0.717, 1.165) is 42.0 Å². The summed E-state index contributed by atoms with van der Waals surface area (Å²) in [6, 6.07) is 7.60. The molecule has 0 N–H and O–H groups in total. The van der Waals surface area contributed by atoms with Crippen LogP contribution in [0.2, 0.25) is 5.02 Å². The molecule has 0 saturated carbocycles. The molecule has 4 atom stereocenters. The Morgan fingerprint density at radius 3 is 2.44 bits per heavy atom. The Morgan fingerprint density at radius 2 is 1.81 bits per heavy atom. The van der Waals surface area contributed by atoms with Gasteiger partial charge in [0.25, 0.3) is 0 Å².